The summed E-state index contributed by atoms with van der Waals surface area (Å²) >= 11 is 0. The first-order valence-corrected chi connectivity index (χ1v) is 21.7. The highest BCUT2D eigenvalue weighted by molar-refractivity contribution is 6.20. The molecule has 0 atom stereocenters. The first-order valence-electron chi connectivity index (χ1n) is 21.7. The van der Waals surface area contributed by atoms with Crippen LogP contribution in [0.1, 0.15) is 11.1 Å². The van der Waals surface area contributed by atoms with Crippen LogP contribution in [-0.2, 0) is 0 Å². The van der Waals surface area contributed by atoms with Crippen molar-refractivity contribution in [2.45, 2.75) is 0 Å². The molecule has 3 heterocycles. The van der Waals surface area contributed by atoms with E-state index in [0.29, 0.717) is 5.95 Å². The van der Waals surface area contributed by atoms with Gasteiger partial charge in [0, 0.05) is 43.6 Å². The van der Waals surface area contributed by atoms with Crippen molar-refractivity contribution in [1.82, 2.24) is 19.1 Å². The quantitative estimate of drug-likeness (QED) is 0.143. The Morgan fingerprint density at radius 2 is 1.03 bits per heavy atom. The molecule has 4 nitrogen and oxygen atoms in total. The van der Waals surface area contributed by atoms with Gasteiger partial charge in [0.05, 0.1) is 33.3 Å². The number of aromatic nitrogens is 4. The standard InChI is InChI=1S/C60H40N4/c1-2-40(41-32-34-42(35-33-41)44-36-37-50-48-25-12-15-30-55(48)63(57(50)39-44)46-22-7-4-8-23-46)20-17-21-45-38-53-49-26-13-16-31-56(49)64(59(53)51-27-10-9-24-47(45)51)60-61-54-29-14-11-28-52(54)58(62-60)43-18-5-3-6-19-43/h2-39H,1H2/b21-17+,40-20+. The number of allylic oxidation sites excluding steroid dienone is 4. The summed E-state index contributed by atoms with van der Waals surface area (Å²) in [6.45, 7) is 4.22. The van der Waals surface area contributed by atoms with Gasteiger partial charge in [-0.25, -0.2) is 9.97 Å². The lowest BCUT2D eigenvalue weighted by molar-refractivity contribution is 1.02. The van der Waals surface area contributed by atoms with Gasteiger partial charge in [0.1, 0.15) is 0 Å². The molecule has 0 unspecified atom stereocenters. The molecule has 3 aromatic heterocycles. The fourth-order valence-electron chi connectivity index (χ4n) is 9.58. The summed E-state index contributed by atoms with van der Waals surface area (Å²) in [6.07, 6.45) is 8.45. The third kappa shape index (κ3) is 6.15. The van der Waals surface area contributed by atoms with Crippen molar-refractivity contribution >= 4 is 76.9 Å². The highest BCUT2D eigenvalue weighted by atomic mass is 15.2. The van der Waals surface area contributed by atoms with Gasteiger partial charge in [0.2, 0.25) is 5.95 Å². The maximum atomic E-state index is 5.33. The van der Waals surface area contributed by atoms with Crippen LogP contribution in [0.2, 0.25) is 0 Å². The van der Waals surface area contributed by atoms with Crippen molar-refractivity contribution in [3.05, 3.63) is 242 Å². The lowest BCUT2D eigenvalue weighted by atomic mass is 9.98. The SMILES string of the molecule is C=C/C(=C\C=C\c1cc2c3ccccc3n(-c3nc(-c4ccccc4)c4ccccc4n3)c2c2ccccc12)c1ccc(-c2ccc3c4ccccc4n(-c4ccccc4)c3c2)cc1. The smallest absolute Gasteiger partial charge is 0.235 e. The van der Waals surface area contributed by atoms with Crippen molar-refractivity contribution in [2.24, 2.45) is 0 Å². The van der Waals surface area contributed by atoms with Crippen LogP contribution in [0.3, 0.4) is 0 Å². The van der Waals surface area contributed by atoms with Gasteiger partial charge in [0.25, 0.3) is 0 Å². The maximum absolute atomic E-state index is 5.33. The van der Waals surface area contributed by atoms with Crippen LogP contribution in [0.25, 0.3) is 111 Å². The maximum Gasteiger partial charge on any atom is 0.235 e. The molecule has 9 aromatic carbocycles. The number of rotatable bonds is 8. The summed E-state index contributed by atoms with van der Waals surface area (Å²) in [4.78, 5) is 10.5. The molecule has 0 fully saturated rings. The monoisotopic (exact) mass is 816 g/mol. The molecule has 0 saturated heterocycles. The molecular formula is C60H40N4. The zero-order valence-electron chi connectivity index (χ0n) is 34.9. The average molecular weight is 817 g/mol. The minimum absolute atomic E-state index is 0.651. The third-order valence-corrected chi connectivity index (χ3v) is 12.6. The molecule has 0 radical (unpaired) electrons. The Hall–Kier alpha value is -8.60. The van der Waals surface area contributed by atoms with Crippen LogP contribution in [0, 0.1) is 0 Å². The average Bonchev–Trinajstić information content (AvgIpc) is 3.88. The second-order valence-electron chi connectivity index (χ2n) is 16.2. The van der Waals surface area contributed by atoms with E-state index in [0.717, 1.165) is 77.1 Å². The van der Waals surface area contributed by atoms with Crippen LogP contribution in [-0.4, -0.2) is 19.1 Å². The molecule has 4 heteroatoms. The van der Waals surface area contributed by atoms with E-state index in [1.807, 2.05) is 18.2 Å². The van der Waals surface area contributed by atoms with Crippen molar-refractivity contribution < 1.29 is 0 Å². The van der Waals surface area contributed by atoms with Crippen molar-refractivity contribution in [3.63, 3.8) is 0 Å². The van der Waals surface area contributed by atoms with Crippen molar-refractivity contribution in [2.75, 3.05) is 0 Å². The first kappa shape index (κ1) is 37.2. The molecule has 12 aromatic rings. The molecule has 0 saturated carbocycles. The largest absolute Gasteiger partial charge is 0.309 e. The lowest BCUT2D eigenvalue weighted by Crippen LogP contribution is -2.03. The predicted octanol–water partition coefficient (Wildman–Crippen LogP) is 15.6. The molecule has 64 heavy (non-hydrogen) atoms. The Morgan fingerprint density at radius 1 is 0.438 bits per heavy atom. The molecule has 0 aliphatic rings. The molecule has 0 spiro atoms. The highest BCUT2D eigenvalue weighted by Gasteiger charge is 2.20. The fraction of sp³-hybridized carbons (Fsp3) is 0. The molecule has 0 bridgehead atoms. The van der Waals surface area contributed by atoms with Crippen LogP contribution < -0.4 is 0 Å². The van der Waals surface area contributed by atoms with Crippen LogP contribution in [0.5, 0.6) is 0 Å². The molecule has 0 N–H and O–H groups in total. The van der Waals surface area contributed by atoms with E-state index in [1.165, 1.54) is 32.9 Å². The van der Waals surface area contributed by atoms with E-state index in [4.69, 9.17) is 9.97 Å². The van der Waals surface area contributed by atoms with Gasteiger partial charge in [-0.05, 0) is 75.7 Å². The van der Waals surface area contributed by atoms with E-state index in [2.05, 4.69) is 228 Å². The summed E-state index contributed by atoms with van der Waals surface area (Å²) in [6, 6.07) is 73.2. The lowest BCUT2D eigenvalue weighted by Gasteiger charge is -2.13. The van der Waals surface area contributed by atoms with Gasteiger partial charge in [-0.1, -0.05) is 195 Å². The molecule has 0 amide bonds. The van der Waals surface area contributed by atoms with Crippen LogP contribution in [0.15, 0.2) is 231 Å². The minimum Gasteiger partial charge on any atom is -0.309 e. The van der Waals surface area contributed by atoms with E-state index >= 15 is 0 Å². The van der Waals surface area contributed by atoms with Crippen LogP contribution >= 0.6 is 0 Å². The van der Waals surface area contributed by atoms with Crippen molar-refractivity contribution in [1.29, 1.82) is 0 Å². The summed E-state index contributed by atoms with van der Waals surface area (Å²) in [5.74, 6) is 0.651. The Bertz CT molecular complexity index is 3830. The molecule has 0 aliphatic heterocycles. The molecule has 0 aliphatic carbocycles. The van der Waals surface area contributed by atoms with E-state index < -0.39 is 0 Å². The van der Waals surface area contributed by atoms with Crippen molar-refractivity contribution in [3.8, 4) is 34.0 Å². The Kier molecular flexibility index (Phi) is 8.94. The second-order valence-corrected chi connectivity index (χ2v) is 16.2. The zero-order chi connectivity index (χ0) is 42.6. The van der Waals surface area contributed by atoms with Gasteiger partial charge >= 0.3 is 0 Å². The predicted molar refractivity (Wildman–Crippen MR) is 270 cm³/mol. The summed E-state index contributed by atoms with van der Waals surface area (Å²) in [7, 11) is 0. The first-order chi connectivity index (χ1) is 31.7. The third-order valence-electron chi connectivity index (χ3n) is 12.6. The van der Waals surface area contributed by atoms with Gasteiger partial charge in [-0.15, -0.1) is 0 Å². The number of hydrogen-bond donors (Lipinski definition) is 0. The zero-order valence-corrected chi connectivity index (χ0v) is 34.9. The van der Waals surface area contributed by atoms with Gasteiger partial charge < -0.3 is 4.57 Å². The van der Waals surface area contributed by atoms with Gasteiger partial charge in [-0.2, -0.15) is 0 Å². The van der Waals surface area contributed by atoms with E-state index in [-0.39, 0.29) is 0 Å². The Balaban J connectivity index is 0.923. The number of para-hydroxylation sites is 4. The molecular weight excluding hydrogens is 777 g/mol. The molecule has 300 valence electrons. The van der Waals surface area contributed by atoms with E-state index in [9.17, 15) is 0 Å². The molecule has 12 rings (SSSR count). The number of benzene rings is 9. The number of fused-ring (bicyclic) bond motifs is 9. The number of hydrogen-bond acceptors (Lipinski definition) is 2. The second kappa shape index (κ2) is 15.4. The summed E-state index contributed by atoms with van der Waals surface area (Å²) in [5.41, 5.74) is 14.2. The fourth-order valence-corrected chi connectivity index (χ4v) is 9.58. The minimum atomic E-state index is 0.651. The Labute approximate surface area is 370 Å². The summed E-state index contributed by atoms with van der Waals surface area (Å²) in [5, 5.41) is 8.12. The van der Waals surface area contributed by atoms with Gasteiger partial charge in [0.15, 0.2) is 0 Å². The number of nitrogens with zero attached hydrogens (tertiary/aromatic N) is 4. The van der Waals surface area contributed by atoms with E-state index in [1.54, 1.807) is 0 Å². The van der Waals surface area contributed by atoms with Gasteiger partial charge in [-0.3, -0.25) is 4.57 Å². The van der Waals surface area contributed by atoms with Crippen LogP contribution in [0.4, 0.5) is 0 Å². The summed E-state index contributed by atoms with van der Waals surface area (Å²) < 4.78 is 4.62. The highest BCUT2D eigenvalue weighted by Crippen LogP contribution is 2.40. The Morgan fingerprint density at radius 3 is 1.78 bits per heavy atom. The normalized spacial score (nSPS) is 12.2. The topological polar surface area (TPSA) is 35.6 Å².